The summed E-state index contributed by atoms with van der Waals surface area (Å²) in [5.74, 6) is -5.80. The number of ketones is 3. The van der Waals surface area contributed by atoms with E-state index in [1.807, 2.05) is 0 Å². The molecule has 27 heavy (non-hydrogen) atoms. The van der Waals surface area contributed by atoms with Gasteiger partial charge in [-0.25, -0.2) is 4.79 Å². The number of fused-ring (bicyclic) bond motifs is 2. The molecule has 8 heteroatoms. The van der Waals surface area contributed by atoms with Crippen molar-refractivity contribution >= 4 is 17.3 Å². The van der Waals surface area contributed by atoms with E-state index in [1.165, 1.54) is 6.07 Å². The lowest BCUT2D eigenvalue weighted by Crippen LogP contribution is -2.45. The van der Waals surface area contributed by atoms with E-state index in [9.17, 15) is 34.5 Å². The van der Waals surface area contributed by atoms with Gasteiger partial charge in [0.1, 0.15) is 28.8 Å². The number of hydrogen-bond donors (Lipinski definition) is 3. The van der Waals surface area contributed by atoms with Crippen molar-refractivity contribution in [2.45, 2.75) is 18.8 Å². The maximum absolute atomic E-state index is 12.9. The molecule has 0 bridgehead atoms. The van der Waals surface area contributed by atoms with Gasteiger partial charge in [-0.1, -0.05) is 0 Å². The number of carbonyl (C=O) groups is 3. The van der Waals surface area contributed by atoms with Crippen LogP contribution in [-0.2, 0) is 9.59 Å². The third-order valence-corrected chi connectivity index (χ3v) is 5.12. The second-order valence-electron chi connectivity index (χ2n) is 6.84. The maximum atomic E-state index is 12.9. The number of carbonyl (C=O) groups excluding carboxylic acids is 3. The van der Waals surface area contributed by atoms with Gasteiger partial charge in [-0.3, -0.25) is 14.4 Å². The SMILES string of the molecule is O=C1CC(=O)C2C(=O)c3c(O)cc(O)cc3C(c3cc(O)cc(=O)o3)C2C1. The first-order valence-electron chi connectivity index (χ1n) is 8.25. The fraction of sp³-hybridized carbons (Fsp3) is 0.263. The largest absolute Gasteiger partial charge is 0.508 e. The highest BCUT2D eigenvalue weighted by molar-refractivity contribution is 6.19. The van der Waals surface area contributed by atoms with Crippen LogP contribution >= 0.6 is 0 Å². The van der Waals surface area contributed by atoms with Gasteiger partial charge in [0.05, 0.1) is 24.0 Å². The predicted molar refractivity (Wildman–Crippen MR) is 88.8 cm³/mol. The van der Waals surface area contributed by atoms with Gasteiger partial charge in [-0.2, -0.15) is 0 Å². The highest BCUT2D eigenvalue weighted by atomic mass is 16.4. The second-order valence-corrected chi connectivity index (χ2v) is 6.84. The summed E-state index contributed by atoms with van der Waals surface area (Å²) in [7, 11) is 0. The van der Waals surface area contributed by atoms with Crippen LogP contribution in [0.25, 0.3) is 0 Å². The fourth-order valence-electron chi connectivity index (χ4n) is 4.18. The summed E-state index contributed by atoms with van der Waals surface area (Å²) in [6, 6.07) is 4.22. The topological polar surface area (TPSA) is 142 Å². The Kier molecular flexibility index (Phi) is 3.66. The second kappa shape index (κ2) is 5.80. The van der Waals surface area contributed by atoms with Gasteiger partial charge < -0.3 is 19.7 Å². The van der Waals surface area contributed by atoms with Crippen LogP contribution < -0.4 is 5.63 Å². The zero-order valence-electron chi connectivity index (χ0n) is 13.8. The summed E-state index contributed by atoms with van der Waals surface area (Å²) in [5.41, 5.74) is -0.874. The fourth-order valence-corrected chi connectivity index (χ4v) is 4.18. The zero-order chi connectivity index (χ0) is 19.5. The van der Waals surface area contributed by atoms with E-state index < -0.39 is 40.7 Å². The van der Waals surface area contributed by atoms with E-state index in [1.54, 1.807) is 0 Å². The molecule has 4 rings (SSSR count). The van der Waals surface area contributed by atoms with Gasteiger partial charge in [0.15, 0.2) is 11.6 Å². The molecule has 2 aliphatic carbocycles. The molecule has 0 aliphatic heterocycles. The minimum absolute atomic E-state index is 0.0590. The van der Waals surface area contributed by atoms with Crippen LogP contribution in [-0.4, -0.2) is 32.7 Å². The lowest BCUT2D eigenvalue weighted by Gasteiger charge is -2.39. The summed E-state index contributed by atoms with van der Waals surface area (Å²) in [6.07, 6.45) is -0.486. The van der Waals surface area contributed by atoms with Crippen molar-refractivity contribution in [2.75, 3.05) is 0 Å². The monoisotopic (exact) mass is 370 g/mol. The molecule has 0 spiro atoms. The van der Waals surface area contributed by atoms with Crippen molar-refractivity contribution < 1.29 is 34.1 Å². The molecule has 1 aromatic heterocycles. The average Bonchev–Trinajstić information content (AvgIpc) is 2.52. The molecule has 2 aliphatic rings. The minimum atomic E-state index is -1.18. The van der Waals surface area contributed by atoms with Crippen molar-refractivity contribution in [1.82, 2.24) is 0 Å². The molecule has 8 nitrogen and oxygen atoms in total. The van der Waals surface area contributed by atoms with Gasteiger partial charge in [0.25, 0.3) is 0 Å². The molecule has 1 aromatic carbocycles. The highest BCUT2D eigenvalue weighted by Crippen LogP contribution is 2.50. The van der Waals surface area contributed by atoms with E-state index in [2.05, 4.69) is 0 Å². The van der Waals surface area contributed by atoms with Crippen LogP contribution in [0, 0.1) is 11.8 Å². The Labute approximate surface area is 151 Å². The van der Waals surface area contributed by atoms with Crippen LogP contribution in [0.3, 0.4) is 0 Å². The molecular weight excluding hydrogens is 356 g/mol. The summed E-state index contributed by atoms with van der Waals surface area (Å²) in [5, 5.41) is 29.9. The molecule has 1 fully saturated rings. The number of benzene rings is 1. The first kappa shape index (κ1) is 17.0. The predicted octanol–water partition coefficient (Wildman–Crippen LogP) is 1.25. The Morgan fingerprint density at radius 3 is 2.30 bits per heavy atom. The molecule has 3 atom stereocenters. The van der Waals surface area contributed by atoms with Crippen LogP contribution in [0.4, 0.5) is 0 Å². The van der Waals surface area contributed by atoms with Crippen molar-refractivity contribution in [3.05, 3.63) is 51.6 Å². The van der Waals surface area contributed by atoms with E-state index in [0.717, 1.165) is 18.2 Å². The van der Waals surface area contributed by atoms with E-state index in [4.69, 9.17) is 4.42 Å². The van der Waals surface area contributed by atoms with E-state index in [0.29, 0.717) is 0 Å². The van der Waals surface area contributed by atoms with Crippen molar-refractivity contribution in [3.8, 4) is 17.2 Å². The first-order valence-corrected chi connectivity index (χ1v) is 8.25. The average molecular weight is 370 g/mol. The molecule has 1 saturated carbocycles. The molecule has 0 saturated heterocycles. The van der Waals surface area contributed by atoms with Gasteiger partial charge in [0.2, 0.25) is 0 Å². The number of rotatable bonds is 1. The molecular formula is C19H14O8. The van der Waals surface area contributed by atoms with Crippen molar-refractivity contribution in [2.24, 2.45) is 11.8 Å². The quantitative estimate of drug-likeness (QED) is 0.637. The number of phenolic OH excluding ortho intramolecular Hbond substituents is 2. The van der Waals surface area contributed by atoms with Crippen LogP contribution in [0.1, 0.15) is 40.4 Å². The van der Waals surface area contributed by atoms with Crippen LogP contribution in [0.5, 0.6) is 17.2 Å². The number of Topliss-reactive ketones (excluding diaryl/α,β-unsaturated/α-hetero) is 3. The van der Waals surface area contributed by atoms with Crippen molar-refractivity contribution in [1.29, 1.82) is 0 Å². The lowest BCUT2D eigenvalue weighted by atomic mass is 9.61. The van der Waals surface area contributed by atoms with Gasteiger partial charge in [-0.15, -0.1) is 0 Å². The Balaban J connectivity index is 2.03. The van der Waals surface area contributed by atoms with Crippen LogP contribution in [0.2, 0.25) is 0 Å². The van der Waals surface area contributed by atoms with E-state index >= 15 is 0 Å². The maximum Gasteiger partial charge on any atom is 0.339 e. The first-order chi connectivity index (χ1) is 12.8. The van der Waals surface area contributed by atoms with Crippen LogP contribution in [0.15, 0.2) is 33.5 Å². The molecule has 2 aromatic rings. The number of aromatic hydroxyl groups is 3. The molecule has 0 radical (unpaired) electrons. The number of phenols is 2. The Hall–Kier alpha value is -3.42. The van der Waals surface area contributed by atoms with E-state index in [-0.39, 0.29) is 47.0 Å². The third-order valence-electron chi connectivity index (χ3n) is 5.12. The molecule has 3 unspecified atom stereocenters. The summed E-state index contributed by atoms with van der Waals surface area (Å²) in [4.78, 5) is 49.1. The molecule has 1 heterocycles. The van der Waals surface area contributed by atoms with Crippen molar-refractivity contribution in [3.63, 3.8) is 0 Å². The Morgan fingerprint density at radius 1 is 0.889 bits per heavy atom. The van der Waals surface area contributed by atoms with Gasteiger partial charge in [0, 0.05) is 24.5 Å². The zero-order valence-corrected chi connectivity index (χ0v) is 13.8. The normalized spacial score (nSPS) is 24.4. The summed E-state index contributed by atoms with van der Waals surface area (Å²) in [6.45, 7) is 0. The molecule has 3 N–H and O–H groups in total. The van der Waals surface area contributed by atoms with Gasteiger partial charge >= 0.3 is 5.63 Å². The molecule has 0 amide bonds. The summed E-state index contributed by atoms with van der Waals surface area (Å²) >= 11 is 0. The van der Waals surface area contributed by atoms with Gasteiger partial charge in [-0.05, 0) is 17.5 Å². The molecule has 138 valence electrons. The summed E-state index contributed by atoms with van der Waals surface area (Å²) < 4.78 is 5.18. The smallest absolute Gasteiger partial charge is 0.339 e. The Morgan fingerprint density at radius 2 is 1.59 bits per heavy atom. The number of hydrogen-bond acceptors (Lipinski definition) is 8. The minimum Gasteiger partial charge on any atom is -0.508 e. The highest BCUT2D eigenvalue weighted by Gasteiger charge is 2.51. The Bertz CT molecular complexity index is 1060. The lowest BCUT2D eigenvalue weighted by molar-refractivity contribution is -0.134. The standard InChI is InChI=1S/C19H14O8/c20-7-1-10-16(14-5-9(22)6-15(25)27-14)11-2-8(21)4-13(24)18(11)19(26)17(10)12(23)3-7/h1,3,5-6,11,16,18,20,22-23H,2,4H2. The third kappa shape index (κ3) is 2.61.